The molecule has 2 amide bonds. The molecule has 28 heavy (non-hydrogen) atoms. The largest absolute Gasteiger partial charge is 0.348 e. The normalized spacial score (nSPS) is 10.4. The molecule has 0 atom stereocenters. The fourth-order valence-corrected chi connectivity index (χ4v) is 3.06. The molecule has 0 spiro atoms. The molecule has 0 saturated carbocycles. The van der Waals surface area contributed by atoms with Crippen molar-refractivity contribution < 1.29 is 9.59 Å². The average molecular weight is 372 g/mol. The summed E-state index contributed by atoms with van der Waals surface area (Å²) in [6, 6.07) is 22.9. The zero-order chi connectivity index (χ0) is 19.9. The number of carbonyl (C=O) groups is 2. The van der Waals surface area contributed by atoms with Gasteiger partial charge in [-0.1, -0.05) is 60.7 Å². The van der Waals surface area contributed by atoms with Crippen molar-refractivity contribution in [2.75, 3.05) is 0 Å². The summed E-state index contributed by atoms with van der Waals surface area (Å²) in [4.78, 5) is 24.7. The summed E-state index contributed by atoms with van der Waals surface area (Å²) in [6.45, 7) is 4.72. The van der Waals surface area contributed by atoms with Gasteiger partial charge in [0, 0.05) is 24.2 Å². The van der Waals surface area contributed by atoms with Crippen LogP contribution in [0.2, 0.25) is 0 Å². The lowest BCUT2D eigenvalue weighted by Crippen LogP contribution is -2.24. The molecule has 0 aromatic heterocycles. The Morgan fingerprint density at radius 3 is 1.50 bits per heavy atom. The van der Waals surface area contributed by atoms with Gasteiger partial charge in [0.25, 0.3) is 11.8 Å². The Hall–Kier alpha value is -3.40. The highest BCUT2D eigenvalue weighted by molar-refractivity contribution is 5.96. The first kappa shape index (κ1) is 19.4. The van der Waals surface area contributed by atoms with Crippen molar-refractivity contribution in [3.05, 3.63) is 106 Å². The van der Waals surface area contributed by atoms with Crippen molar-refractivity contribution >= 4 is 11.8 Å². The molecule has 4 heteroatoms. The van der Waals surface area contributed by atoms with Crippen LogP contribution in [-0.2, 0) is 13.1 Å². The molecule has 0 aliphatic rings. The van der Waals surface area contributed by atoms with Crippen LogP contribution in [0, 0.1) is 13.8 Å². The molecule has 0 saturated heterocycles. The van der Waals surface area contributed by atoms with Crippen molar-refractivity contribution in [2.45, 2.75) is 26.9 Å². The van der Waals surface area contributed by atoms with Crippen LogP contribution < -0.4 is 10.6 Å². The van der Waals surface area contributed by atoms with E-state index in [-0.39, 0.29) is 11.8 Å². The predicted octanol–water partition coefficient (Wildman–Crippen LogP) is 4.16. The third kappa shape index (κ3) is 4.86. The van der Waals surface area contributed by atoms with E-state index in [9.17, 15) is 9.59 Å². The molecule has 0 heterocycles. The molecule has 0 fully saturated rings. The first-order valence-corrected chi connectivity index (χ1v) is 9.30. The van der Waals surface area contributed by atoms with E-state index >= 15 is 0 Å². The third-order valence-corrected chi connectivity index (χ3v) is 4.68. The maximum atomic E-state index is 12.4. The minimum absolute atomic E-state index is 0.0867. The molecule has 4 nitrogen and oxygen atoms in total. The standard InChI is InChI=1S/C24H24N2O2/c1-17-8-3-5-12-21(17)23(27)25-15-19-10-7-11-20(14-19)16-26-24(28)22-13-6-4-9-18(22)2/h3-14H,15-16H2,1-2H3,(H,25,27)(H,26,28). The zero-order valence-electron chi connectivity index (χ0n) is 16.2. The summed E-state index contributed by atoms with van der Waals surface area (Å²) in [5.74, 6) is -0.173. The highest BCUT2D eigenvalue weighted by atomic mass is 16.2. The smallest absolute Gasteiger partial charge is 0.251 e. The quantitative estimate of drug-likeness (QED) is 0.682. The number of benzene rings is 3. The Balaban J connectivity index is 1.58. The lowest BCUT2D eigenvalue weighted by atomic mass is 10.1. The lowest BCUT2D eigenvalue weighted by molar-refractivity contribution is 0.0943. The van der Waals surface area contributed by atoms with Crippen LogP contribution in [-0.4, -0.2) is 11.8 Å². The summed E-state index contributed by atoms with van der Waals surface area (Å²) < 4.78 is 0. The Bertz CT molecular complexity index is 918. The highest BCUT2D eigenvalue weighted by Gasteiger charge is 2.09. The van der Waals surface area contributed by atoms with Crippen LogP contribution in [0.5, 0.6) is 0 Å². The van der Waals surface area contributed by atoms with Gasteiger partial charge >= 0.3 is 0 Å². The lowest BCUT2D eigenvalue weighted by Gasteiger charge is -2.10. The number of hydrogen-bond acceptors (Lipinski definition) is 2. The van der Waals surface area contributed by atoms with Gasteiger partial charge in [0.15, 0.2) is 0 Å². The molecular weight excluding hydrogens is 348 g/mol. The van der Waals surface area contributed by atoms with Gasteiger partial charge in [-0.3, -0.25) is 9.59 Å². The van der Waals surface area contributed by atoms with Gasteiger partial charge in [0.1, 0.15) is 0 Å². The van der Waals surface area contributed by atoms with E-state index in [1.54, 1.807) is 0 Å². The maximum Gasteiger partial charge on any atom is 0.251 e. The molecular formula is C24H24N2O2. The van der Waals surface area contributed by atoms with E-state index in [0.717, 1.165) is 22.3 Å². The summed E-state index contributed by atoms with van der Waals surface area (Å²) in [6.07, 6.45) is 0. The second kappa shape index (κ2) is 9.00. The number of amides is 2. The van der Waals surface area contributed by atoms with Gasteiger partial charge < -0.3 is 10.6 Å². The van der Waals surface area contributed by atoms with Crippen molar-refractivity contribution in [1.82, 2.24) is 10.6 Å². The maximum absolute atomic E-state index is 12.4. The van der Waals surface area contributed by atoms with Crippen molar-refractivity contribution in [3.63, 3.8) is 0 Å². The second-order valence-corrected chi connectivity index (χ2v) is 6.82. The minimum Gasteiger partial charge on any atom is -0.348 e. The molecule has 0 aliphatic heterocycles. The van der Waals surface area contributed by atoms with Crippen LogP contribution >= 0.6 is 0 Å². The predicted molar refractivity (Wildman–Crippen MR) is 111 cm³/mol. The van der Waals surface area contributed by atoms with Crippen molar-refractivity contribution in [2.24, 2.45) is 0 Å². The van der Waals surface area contributed by atoms with Crippen molar-refractivity contribution in [1.29, 1.82) is 0 Å². The SMILES string of the molecule is Cc1ccccc1C(=O)NCc1cccc(CNC(=O)c2ccccc2C)c1. The van der Waals surface area contributed by atoms with E-state index in [2.05, 4.69) is 10.6 Å². The number of nitrogens with one attached hydrogen (secondary N) is 2. The molecule has 0 unspecified atom stereocenters. The van der Waals surface area contributed by atoms with E-state index in [1.165, 1.54) is 0 Å². The molecule has 3 aromatic carbocycles. The fourth-order valence-electron chi connectivity index (χ4n) is 3.06. The van der Waals surface area contributed by atoms with Crippen LogP contribution in [0.15, 0.2) is 72.8 Å². The number of hydrogen-bond donors (Lipinski definition) is 2. The van der Waals surface area contributed by atoms with Gasteiger partial charge in [-0.2, -0.15) is 0 Å². The topological polar surface area (TPSA) is 58.2 Å². The molecule has 0 bridgehead atoms. The molecule has 142 valence electrons. The average Bonchev–Trinajstić information content (AvgIpc) is 2.71. The van der Waals surface area contributed by atoms with E-state index in [1.807, 2.05) is 86.6 Å². The molecule has 3 aromatic rings. The van der Waals surface area contributed by atoms with Crippen LogP contribution in [0.1, 0.15) is 43.0 Å². The Morgan fingerprint density at radius 2 is 1.07 bits per heavy atom. The van der Waals surface area contributed by atoms with Gasteiger partial charge in [-0.15, -0.1) is 0 Å². The first-order valence-electron chi connectivity index (χ1n) is 9.30. The van der Waals surface area contributed by atoms with Gasteiger partial charge in [0.05, 0.1) is 0 Å². The van der Waals surface area contributed by atoms with E-state index in [0.29, 0.717) is 24.2 Å². The first-order chi connectivity index (χ1) is 13.5. The summed E-state index contributed by atoms with van der Waals surface area (Å²) >= 11 is 0. The van der Waals surface area contributed by atoms with Crippen LogP contribution in [0.4, 0.5) is 0 Å². The third-order valence-electron chi connectivity index (χ3n) is 4.68. The molecule has 0 aliphatic carbocycles. The van der Waals surface area contributed by atoms with Gasteiger partial charge in [0.2, 0.25) is 0 Å². The molecule has 2 N–H and O–H groups in total. The number of aryl methyl sites for hydroxylation is 2. The molecule has 3 rings (SSSR count). The Morgan fingerprint density at radius 1 is 0.643 bits per heavy atom. The monoisotopic (exact) mass is 372 g/mol. The Labute approximate surface area is 165 Å². The summed E-state index contributed by atoms with van der Waals surface area (Å²) in [5.41, 5.74) is 5.25. The fraction of sp³-hybridized carbons (Fsp3) is 0.167. The van der Waals surface area contributed by atoms with Crippen LogP contribution in [0.25, 0.3) is 0 Å². The second-order valence-electron chi connectivity index (χ2n) is 6.82. The number of rotatable bonds is 6. The van der Waals surface area contributed by atoms with Gasteiger partial charge in [-0.05, 0) is 48.2 Å². The van der Waals surface area contributed by atoms with E-state index < -0.39 is 0 Å². The minimum atomic E-state index is -0.0867. The Kier molecular flexibility index (Phi) is 6.22. The summed E-state index contributed by atoms with van der Waals surface area (Å²) in [5, 5.41) is 5.91. The van der Waals surface area contributed by atoms with Gasteiger partial charge in [-0.25, -0.2) is 0 Å². The van der Waals surface area contributed by atoms with E-state index in [4.69, 9.17) is 0 Å². The number of carbonyl (C=O) groups excluding carboxylic acids is 2. The van der Waals surface area contributed by atoms with Crippen molar-refractivity contribution in [3.8, 4) is 0 Å². The zero-order valence-corrected chi connectivity index (χ0v) is 16.2. The summed E-state index contributed by atoms with van der Waals surface area (Å²) in [7, 11) is 0. The highest BCUT2D eigenvalue weighted by Crippen LogP contribution is 2.10. The van der Waals surface area contributed by atoms with Crippen LogP contribution in [0.3, 0.4) is 0 Å². The molecule has 0 radical (unpaired) electrons.